The van der Waals surface area contributed by atoms with Crippen LogP contribution >= 0.6 is 0 Å². The molecule has 0 spiro atoms. The quantitative estimate of drug-likeness (QED) is 0.795. The lowest BCUT2D eigenvalue weighted by Crippen LogP contribution is -2.58. The first-order valence-corrected chi connectivity index (χ1v) is 7.51. The lowest BCUT2D eigenvalue weighted by atomic mass is 10.00. The van der Waals surface area contributed by atoms with E-state index in [0.717, 1.165) is 12.8 Å². The summed E-state index contributed by atoms with van der Waals surface area (Å²) in [4.78, 5) is 11.8. The van der Waals surface area contributed by atoms with Gasteiger partial charge in [0.15, 0.2) is 0 Å². The number of carbonyl (C=O) groups excluding carboxylic acids is 1. The van der Waals surface area contributed by atoms with Crippen LogP contribution in [0.2, 0.25) is 0 Å². The van der Waals surface area contributed by atoms with Crippen LogP contribution in [0.25, 0.3) is 0 Å². The van der Waals surface area contributed by atoms with Gasteiger partial charge in [-0.15, -0.1) is 0 Å². The first-order valence-electron chi connectivity index (χ1n) is 6.01. The summed E-state index contributed by atoms with van der Waals surface area (Å²) in [5, 5.41) is 2.71. The van der Waals surface area contributed by atoms with E-state index in [1.807, 2.05) is 20.8 Å². The van der Waals surface area contributed by atoms with Crippen LogP contribution in [0.5, 0.6) is 0 Å². The Morgan fingerprint density at radius 3 is 2.18 bits per heavy atom. The lowest BCUT2D eigenvalue weighted by molar-refractivity contribution is -0.129. The summed E-state index contributed by atoms with van der Waals surface area (Å²) in [7, 11) is -3.09. The molecule has 1 aliphatic carbocycles. The number of sulfonamides is 1. The molecule has 2 rings (SSSR count). The topological polar surface area (TPSA) is 66.5 Å². The summed E-state index contributed by atoms with van der Waals surface area (Å²) >= 11 is 0. The van der Waals surface area contributed by atoms with Crippen molar-refractivity contribution < 1.29 is 13.2 Å². The molecule has 1 amide bonds. The Morgan fingerprint density at radius 1 is 1.24 bits per heavy atom. The molecule has 0 atom stereocenters. The minimum atomic E-state index is -3.09. The van der Waals surface area contributed by atoms with Gasteiger partial charge in [0.05, 0.1) is 11.2 Å². The number of hydrogen-bond acceptors (Lipinski definition) is 3. The van der Waals surface area contributed by atoms with E-state index in [1.54, 1.807) is 0 Å². The monoisotopic (exact) mass is 260 g/mol. The SMILES string of the molecule is CC(C)(C)NC(=O)C1CN(S(=O)(=O)C2CC2)C1. The fourth-order valence-corrected chi connectivity index (χ4v) is 3.79. The van der Waals surface area contributed by atoms with Crippen LogP contribution in [0, 0.1) is 5.92 Å². The third-order valence-electron chi connectivity index (χ3n) is 3.02. The second kappa shape index (κ2) is 3.95. The van der Waals surface area contributed by atoms with Crippen molar-refractivity contribution in [2.24, 2.45) is 5.92 Å². The van der Waals surface area contributed by atoms with Gasteiger partial charge in [-0.2, -0.15) is 4.31 Å². The number of hydrogen-bond donors (Lipinski definition) is 1. The summed E-state index contributed by atoms with van der Waals surface area (Å²) < 4.78 is 25.1. The zero-order valence-electron chi connectivity index (χ0n) is 10.6. The Labute approximate surface area is 103 Å². The zero-order chi connectivity index (χ0) is 12.8. The maximum Gasteiger partial charge on any atom is 0.226 e. The van der Waals surface area contributed by atoms with E-state index in [0.29, 0.717) is 13.1 Å². The predicted molar refractivity (Wildman–Crippen MR) is 64.9 cm³/mol. The molecule has 0 aromatic heterocycles. The molecule has 5 nitrogen and oxygen atoms in total. The van der Waals surface area contributed by atoms with E-state index in [1.165, 1.54) is 4.31 Å². The normalized spacial score (nSPS) is 23.2. The van der Waals surface area contributed by atoms with Gasteiger partial charge in [0.1, 0.15) is 0 Å². The summed E-state index contributed by atoms with van der Waals surface area (Å²) in [6.45, 7) is 6.45. The average Bonchev–Trinajstić information content (AvgIpc) is 2.75. The van der Waals surface area contributed by atoms with Crippen molar-refractivity contribution in [1.29, 1.82) is 0 Å². The van der Waals surface area contributed by atoms with Crippen molar-refractivity contribution in [3.63, 3.8) is 0 Å². The van der Waals surface area contributed by atoms with E-state index in [9.17, 15) is 13.2 Å². The van der Waals surface area contributed by atoms with Crippen molar-refractivity contribution in [1.82, 2.24) is 9.62 Å². The molecular weight excluding hydrogens is 240 g/mol. The Balaban J connectivity index is 1.85. The van der Waals surface area contributed by atoms with Gasteiger partial charge < -0.3 is 5.32 Å². The molecule has 1 heterocycles. The molecular formula is C11H20N2O3S. The summed E-state index contributed by atoms with van der Waals surface area (Å²) in [5.41, 5.74) is -0.257. The number of carbonyl (C=O) groups is 1. The minimum Gasteiger partial charge on any atom is -0.351 e. The van der Waals surface area contributed by atoms with Gasteiger partial charge in [0, 0.05) is 18.6 Å². The fourth-order valence-electron chi connectivity index (χ4n) is 1.86. The number of nitrogens with one attached hydrogen (secondary N) is 1. The largest absolute Gasteiger partial charge is 0.351 e. The first kappa shape index (κ1) is 12.8. The molecule has 6 heteroatoms. The van der Waals surface area contributed by atoms with Gasteiger partial charge in [0.25, 0.3) is 0 Å². The van der Waals surface area contributed by atoms with E-state index < -0.39 is 10.0 Å². The molecule has 0 unspecified atom stereocenters. The molecule has 1 aliphatic heterocycles. The van der Waals surface area contributed by atoms with E-state index in [-0.39, 0.29) is 22.6 Å². The molecule has 2 fully saturated rings. The summed E-state index contributed by atoms with van der Waals surface area (Å²) in [6, 6.07) is 0. The Morgan fingerprint density at radius 2 is 1.76 bits per heavy atom. The standard InChI is InChI=1S/C11H20N2O3S/c1-11(2,3)12-10(14)8-6-13(7-8)17(15,16)9-4-5-9/h8-9H,4-7H2,1-3H3,(H,12,14). The fraction of sp³-hybridized carbons (Fsp3) is 0.909. The highest BCUT2D eigenvalue weighted by Crippen LogP contribution is 2.34. The Hall–Kier alpha value is -0.620. The second-order valence-electron chi connectivity index (χ2n) is 6.00. The van der Waals surface area contributed by atoms with Crippen molar-refractivity contribution in [3.8, 4) is 0 Å². The Kier molecular flexibility index (Phi) is 2.98. The minimum absolute atomic E-state index is 0.0419. The molecule has 2 aliphatic rings. The highest BCUT2D eigenvalue weighted by Gasteiger charge is 2.47. The van der Waals surface area contributed by atoms with E-state index in [4.69, 9.17) is 0 Å². The van der Waals surface area contributed by atoms with Gasteiger partial charge in [-0.3, -0.25) is 4.79 Å². The molecule has 0 aromatic rings. The van der Waals surface area contributed by atoms with Crippen molar-refractivity contribution >= 4 is 15.9 Å². The highest BCUT2D eigenvalue weighted by atomic mass is 32.2. The third-order valence-corrected chi connectivity index (χ3v) is 5.35. The van der Waals surface area contributed by atoms with Crippen LogP contribution in [0.1, 0.15) is 33.6 Å². The number of nitrogens with zero attached hydrogens (tertiary/aromatic N) is 1. The summed E-state index contributed by atoms with van der Waals surface area (Å²) in [6.07, 6.45) is 1.55. The maximum atomic E-state index is 11.8. The highest BCUT2D eigenvalue weighted by molar-refractivity contribution is 7.90. The van der Waals surface area contributed by atoms with E-state index >= 15 is 0 Å². The lowest BCUT2D eigenvalue weighted by Gasteiger charge is -2.38. The molecule has 1 N–H and O–H groups in total. The third kappa shape index (κ3) is 2.80. The van der Waals surface area contributed by atoms with Gasteiger partial charge in [-0.05, 0) is 33.6 Å². The molecule has 0 bridgehead atoms. The van der Waals surface area contributed by atoms with Crippen LogP contribution in [0.4, 0.5) is 0 Å². The van der Waals surface area contributed by atoms with Crippen LogP contribution in [0.3, 0.4) is 0 Å². The van der Waals surface area contributed by atoms with E-state index in [2.05, 4.69) is 5.32 Å². The van der Waals surface area contributed by atoms with Crippen LogP contribution in [0.15, 0.2) is 0 Å². The number of rotatable bonds is 3. The van der Waals surface area contributed by atoms with Crippen molar-refractivity contribution in [2.45, 2.75) is 44.4 Å². The van der Waals surface area contributed by atoms with Crippen LogP contribution in [-0.4, -0.2) is 42.5 Å². The predicted octanol–water partition coefficient (Wildman–Crippen LogP) is 0.325. The maximum absolute atomic E-state index is 11.8. The average molecular weight is 260 g/mol. The smallest absolute Gasteiger partial charge is 0.226 e. The summed E-state index contributed by atoms with van der Waals surface area (Å²) in [5.74, 6) is -0.220. The Bertz CT molecular complexity index is 414. The van der Waals surface area contributed by atoms with Crippen LogP contribution in [-0.2, 0) is 14.8 Å². The molecule has 1 saturated carbocycles. The van der Waals surface area contributed by atoms with Crippen LogP contribution < -0.4 is 5.32 Å². The van der Waals surface area contributed by atoms with Gasteiger partial charge in [-0.25, -0.2) is 8.42 Å². The van der Waals surface area contributed by atoms with Gasteiger partial charge in [-0.1, -0.05) is 0 Å². The molecule has 0 aromatic carbocycles. The molecule has 17 heavy (non-hydrogen) atoms. The first-order chi connectivity index (χ1) is 7.70. The second-order valence-corrected chi connectivity index (χ2v) is 8.21. The molecule has 1 saturated heterocycles. The molecule has 98 valence electrons. The number of amides is 1. The molecule has 0 radical (unpaired) electrons. The van der Waals surface area contributed by atoms with Crippen molar-refractivity contribution in [3.05, 3.63) is 0 Å². The van der Waals surface area contributed by atoms with Crippen molar-refractivity contribution in [2.75, 3.05) is 13.1 Å². The van der Waals surface area contributed by atoms with Gasteiger partial charge in [0.2, 0.25) is 15.9 Å². The zero-order valence-corrected chi connectivity index (χ0v) is 11.4. The van der Waals surface area contributed by atoms with Gasteiger partial charge >= 0.3 is 0 Å².